The Morgan fingerprint density at radius 3 is 2.30 bits per heavy atom. The Kier molecular flexibility index (Phi) is 5.01. The van der Waals surface area contributed by atoms with Gasteiger partial charge < -0.3 is 15.3 Å². The molecule has 1 saturated heterocycles. The summed E-state index contributed by atoms with van der Waals surface area (Å²) < 4.78 is 23.0. The van der Waals surface area contributed by atoms with E-state index in [0.717, 1.165) is 0 Å². The van der Waals surface area contributed by atoms with Crippen LogP contribution in [0.25, 0.3) is 0 Å². The van der Waals surface area contributed by atoms with Gasteiger partial charge in [0.05, 0.1) is 11.5 Å². The number of carbonyl (C=O) groups is 2. The van der Waals surface area contributed by atoms with Crippen LogP contribution in [0.2, 0.25) is 0 Å². The third-order valence-corrected chi connectivity index (χ3v) is 4.94. The summed E-state index contributed by atoms with van der Waals surface area (Å²) in [5, 5.41) is 11.6. The topological polar surface area (TPSA) is 104 Å². The average Bonchev–Trinajstić information content (AvgIpc) is 2.44. The molecule has 0 aliphatic carbocycles. The largest absolute Gasteiger partial charge is 0.480 e. The molecule has 8 heteroatoms. The third-order valence-electron chi connectivity index (χ3n) is 3.22. The fourth-order valence-electron chi connectivity index (χ4n) is 2.00. The van der Waals surface area contributed by atoms with Crippen LogP contribution in [0.3, 0.4) is 0 Å². The summed E-state index contributed by atoms with van der Waals surface area (Å²) in [7, 11) is -3.10. The molecule has 2 N–H and O–H groups in total. The molecule has 0 bridgehead atoms. The highest BCUT2D eigenvalue weighted by molar-refractivity contribution is 7.91. The second-order valence-electron chi connectivity index (χ2n) is 6.08. The molecule has 1 aliphatic rings. The van der Waals surface area contributed by atoms with E-state index in [2.05, 4.69) is 5.32 Å². The van der Waals surface area contributed by atoms with Gasteiger partial charge in [-0.25, -0.2) is 18.0 Å². The molecule has 1 fully saturated rings. The van der Waals surface area contributed by atoms with Crippen LogP contribution < -0.4 is 5.32 Å². The van der Waals surface area contributed by atoms with Crippen molar-refractivity contribution in [1.82, 2.24) is 10.2 Å². The number of hydrogen-bond acceptors (Lipinski definition) is 4. The monoisotopic (exact) mass is 306 g/mol. The first-order chi connectivity index (χ1) is 9.03. The SMILES string of the molecule is CC(C)(C)[C@@H](NC(=O)N1CCCS(=O)(=O)CC1)C(=O)O. The van der Waals surface area contributed by atoms with Gasteiger partial charge >= 0.3 is 12.0 Å². The Balaban J connectivity index is 2.73. The number of carboxylic acid groups (broad SMARTS) is 1. The van der Waals surface area contributed by atoms with E-state index in [1.54, 1.807) is 20.8 Å². The number of nitrogens with one attached hydrogen (secondary N) is 1. The number of nitrogens with zero attached hydrogens (tertiary/aromatic N) is 1. The van der Waals surface area contributed by atoms with Crippen molar-refractivity contribution in [3.05, 3.63) is 0 Å². The fourth-order valence-corrected chi connectivity index (χ4v) is 3.28. The number of amides is 2. The van der Waals surface area contributed by atoms with Crippen LogP contribution in [-0.2, 0) is 14.6 Å². The molecule has 0 unspecified atom stereocenters. The Morgan fingerprint density at radius 1 is 1.20 bits per heavy atom. The predicted molar refractivity (Wildman–Crippen MR) is 74.3 cm³/mol. The van der Waals surface area contributed by atoms with E-state index >= 15 is 0 Å². The third kappa shape index (κ3) is 4.66. The molecule has 1 atom stereocenters. The van der Waals surface area contributed by atoms with Crippen molar-refractivity contribution in [1.29, 1.82) is 0 Å². The van der Waals surface area contributed by atoms with Gasteiger partial charge in [0.15, 0.2) is 9.84 Å². The molecule has 1 heterocycles. The van der Waals surface area contributed by atoms with Crippen LogP contribution in [0.1, 0.15) is 27.2 Å². The standard InChI is InChI=1S/C12H22N2O5S/c1-12(2,3)9(10(15)16)13-11(17)14-5-4-7-20(18,19)8-6-14/h9H,4-8H2,1-3H3,(H,13,17)(H,15,16)/t9-/m0/s1. The lowest BCUT2D eigenvalue weighted by molar-refractivity contribution is -0.142. The first-order valence-corrected chi connectivity index (χ1v) is 8.34. The molecule has 0 radical (unpaired) electrons. The highest BCUT2D eigenvalue weighted by Gasteiger charge is 2.34. The minimum atomic E-state index is -3.10. The number of carbonyl (C=O) groups excluding carboxylic acids is 1. The van der Waals surface area contributed by atoms with Gasteiger partial charge in [0.2, 0.25) is 0 Å². The van der Waals surface area contributed by atoms with Gasteiger partial charge in [-0.2, -0.15) is 0 Å². The van der Waals surface area contributed by atoms with Crippen molar-refractivity contribution >= 4 is 21.8 Å². The molecular weight excluding hydrogens is 284 g/mol. The lowest BCUT2D eigenvalue weighted by Gasteiger charge is -2.30. The maximum atomic E-state index is 12.1. The van der Waals surface area contributed by atoms with E-state index in [4.69, 9.17) is 5.11 Å². The van der Waals surface area contributed by atoms with Crippen molar-refractivity contribution in [2.45, 2.75) is 33.2 Å². The molecule has 20 heavy (non-hydrogen) atoms. The van der Waals surface area contributed by atoms with E-state index < -0.39 is 33.3 Å². The summed E-state index contributed by atoms with van der Waals surface area (Å²) >= 11 is 0. The van der Waals surface area contributed by atoms with Crippen LogP contribution in [0.15, 0.2) is 0 Å². The zero-order chi connectivity index (χ0) is 15.6. The zero-order valence-corrected chi connectivity index (χ0v) is 12.9. The van der Waals surface area contributed by atoms with Gasteiger partial charge in [0.25, 0.3) is 0 Å². The van der Waals surface area contributed by atoms with Crippen LogP contribution in [0.4, 0.5) is 4.79 Å². The van der Waals surface area contributed by atoms with Crippen molar-refractivity contribution in [2.24, 2.45) is 5.41 Å². The van der Waals surface area contributed by atoms with Crippen LogP contribution in [0, 0.1) is 5.41 Å². The minimum absolute atomic E-state index is 0.0679. The lowest BCUT2D eigenvalue weighted by Crippen LogP contribution is -2.53. The van der Waals surface area contributed by atoms with Gasteiger partial charge in [-0.1, -0.05) is 20.8 Å². The van der Waals surface area contributed by atoms with Gasteiger partial charge in [0.1, 0.15) is 6.04 Å². The highest BCUT2D eigenvalue weighted by atomic mass is 32.2. The molecule has 0 spiro atoms. The quantitative estimate of drug-likeness (QED) is 0.764. The molecule has 0 aromatic rings. The second kappa shape index (κ2) is 5.99. The smallest absolute Gasteiger partial charge is 0.326 e. The van der Waals surface area contributed by atoms with E-state index in [9.17, 15) is 18.0 Å². The highest BCUT2D eigenvalue weighted by Crippen LogP contribution is 2.20. The Morgan fingerprint density at radius 2 is 1.80 bits per heavy atom. The van der Waals surface area contributed by atoms with Gasteiger partial charge in [-0.3, -0.25) is 0 Å². The Labute approximate surface area is 119 Å². The van der Waals surface area contributed by atoms with E-state index in [1.807, 2.05) is 0 Å². The molecule has 0 saturated carbocycles. The van der Waals surface area contributed by atoms with Gasteiger partial charge in [-0.15, -0.1) is 0 Å². The number of carboxylic acids is 1. The predicted octanol–water partition coefficient (Wildman–Crippen LogP) is 0.316. The number of rotatable bonds is 2. The molecule has 1 rings (SSSR count). The first-order valence-electron chi connectivity index (χ1n) is 6.51. The number of urea groups is 1. The average molecular weight is 306 g/mol. The normalized spacial score (nSPS) is 20.9. The lowest BCUT2D eigenvalue weighted by atomic mass is 9.87. The number of hydrogen-bond donors (Lipinski definition) is 2. The number of aliphatic carboxylic acids is 1. The summed E-state index contributed by atoms with van der Waals surface area (Å²) in [6.45, 7) is 5.59. The summed E-state index contributed by atoms with van der Waals surface area (Å²) in [6, 6.07) is -1.54. The first kappa shape index (κ1) is 16.7. The molecular formula is C12H22N2O5S. The summed E-state index contributed by atoms with van der Waals surface area (Å²) in [4.78, 5) is 24.7. The molecule has 1 aliphatic heterocycles. The fraction of sp³-hybridized carbons (Fsp3) is 0.833. The molecule has 0 aromatic carbocycles. The zero-order valence-electron chi connectivity index (χ0n) is 12.0. The Bertz CT molecular complexity index is 481. The van der Waals surface area contributed by atoms with Gasteiger partial charge in [-0.05, 0) is 11.8 Å². The van der Waals surface area contributed by atoms with E-state index in [-0.39, 0.29) is 18.1 Å². The number of sulfone groups is 1. The van der Waals surface area contributed by atoms with Crippen molar-refractivity contribution in [3.8, 4) is 0 Å². The molecule has 7 nitrogen and oxygen atoms in total. The van der Waals surface area contributed by atoms with Crippen molar-refractivity contribution in [3.63, 3.8) is 0 Å². The molecule has 2 amide bonds. The molecule has 0 aromatic heterocycles. The van der Waals surface area contributed by atoms with Crippen LogP contribution in [0.5, 0.6) is 0 Å². The van der Waals surface area contributed by atoms with Gasteiger partial charge in [0, 0.05) is 13.1 Å². The maximum Gasteiger partial charge on any atom is 0.326 e. The van der Waals surface area contributed by atoms with Crippen molar-refractivity contribution in [2.75, 3.05) is 24.6 Å². The van der Waals surface area contributed by atoms with E-state index in [0.29, 0.717) is 13.0 Å². The second-order valence-corrected chi connectivity index (χ2v) is 8.38. The minimum Gasteiger partial charge on any atom is -0.480 e. The summed E-state index contributed by atoms with van der Waals surface area (Å²) in [5.74, 6) is -1.11. The van der Waals surface area contributed by atoms with Crippen molar-refractivity contribution < 1.29 is 23.1 Å². The summed E-state index contributed by atoms with van der Waals surface area (Å²) in [6.07, 6.45) is 0.378. The Hall–Kier alpha value is -1.31. The van der Waals surface area contributed by atoms with E-state index in [1.165, 1.54) is 4.90 Å². The maximum absolute atomic E-state index is 12.1. The molecule has 116 valence electrons. The summed E-state index contributed by atoms with van der Waals surface area (Å²) in [5.41, 5.74) is -0.626. The van der Waals surface area contributed by atoms with Crippen LogP contribution in [-0.4, -0.2) is 61.1 Å². The van der Waals surface area contributed by atoms with Crippen LogP contribution >= 0.6 is 0 Å².